The quantitative estimate of drug-likeness (QED) is 0.845. The van der Waals surface area contributed by atoms with E-state index in [0.29, 0.717) is 12.1 Å². The summed E-state index contributed by atoms with van der Waals surface area (Å²) < 4.78 is 3.06. The van der Waals surface area contributed by atoms with Gasteiger partial charge in [-0.1, -0.05) is 28.9 Å². The molecule has 1 aliphatic carbocycles. The SMILES string of the molecule is CCNC(C)c1ccc(Sc2nnnn2C2CC2)cc1Br. The molecule has 0 aliphatic heterocycles. The molecule has 1 fully saturated rings. The number of nitrogens with zero attached hydrogens (tertiary/aromatic N) is 4. The van der Waals surface area contributed by atoms with Gasteiger partial charge in [0.2, 0.25) is 5.16 Å². The number of aromatic nitrogens is 4. The Bertz CT molecular complexity index is 626. The van der Waals surface area contributed by atoms with Crippen molar-refractivity contribution in [1.29, 1.82) is 0 Å². The van der Waals surface area contributed by atoms with Crippen molar-refractivity contribution in [2.75, 3.05) is 6.54 Å². The molecule has 1 N–H and O–H groups in total. The fourth-order valence-corrected chi connectivity index (χ4v) is 4.00. The molecule has 1 unspecified atom stereocenters. The van der Waals surface area contributed by atoms with Crippen molar-refractivity contribution in [3.63, 3.8) is 0 Å². The van der Waals surface area contributed by atoms with Crippen molar-refractivity contribution >= 4 is 27.7 Å². The minimum absolute atomic E-state index is 0.334. The van der Waals surface area contributed by atoms with Crippen LogP contribution in [0.1, 0.15) is 44.3 Å². The summed E-state index contributed by atoms with van der Waals surface area (Å²) in [5.74, 6) is 0. The summed E-state index contributed by atoms with van der Waals surface area (Å²) in [4.78, 5) is 1.14. The van der Waals surface area contributed by atoms with Crippen molar-refractivity contribution < 1.29 is 0 Å². The molecular formula is C14H18BrN5S. The minimum Gasteiger partial charge on any atom is -0.310 e. The van der Waals surface area contributed by atoms with Crippen LogP contribution in [-0.2, 0) is 0 Å². The Labute approximate surface area is 137 Å². The Morgan fingerprint density at radius 2 is 2.29 bits per heavy atom. The number of benzene rings is 1. The fraction of sp³-hybridized carbons (Fsp3) is 0.500. The molecule has 21 heavy (non-hydrogen) atoms. The molecule has 112 valence electrons. The predicted octanol–water partition coefficient (Wildman–Crippen LogP) is 3.59. The lowest BCUT2D eigenvalue weighted by atomic mass is 10.1. The molecule has 0 amide bonds. The van der Waals surface area contributed by atoms with Gasteiger partial charge >= 0.3 is 0 Å². The van der Waals surface area contributed by atoms with E-state index in [2.05, 4.69) is 68.8 Å². The maximum Gasteiger partial charge on any atom is 0.214 e. The third-order valence-electron chi connectivity index (χ3n) is 3.51. The van der Waals surface area contributed by atoms with Gasteiger partial charge in [-0.3, -0.25) is 0 Å². The van der Waals surface area contributed by atoms with E-state index in [0.717, 1.165) is 21.1 Å². The van der Waals surface area contributed by atoms with Crippen molar-refractivity contribution in [2.24, 2.45) is 0 Å². The number of nitrogens with one attached hydrogen (secondary N) is 1. The van der Waals surface area contributed by atoms with Crippen LogP contribution in [0.2, 0.25) is 0 Å². The third-order valence-corrected chi connectivity index (χ3v) is 5.14. The van der Waals surface area contributed by atoms with Crippen LogP contribution in [-0.4, -0.2) is 26.8 Å². The minimum atomic E-state index is 0.334. The van der Waals surface area contributed by atoms with Crippen LogP contribution in [0.3, 0.4) is 0 Å². The number of rotatable bonds is 6. The first-order chi connectivity index (χ1) is 10.2. The van der Waals surface area contributed by atoms with E-state index >= 15 is 0 Å². The molecule has 0 spiro atoms. The topological polar surface area (TPSA) is 55.6 Å². The summed E-state index contributed by atoms with van der Waals surface area (Å²) in [6.45, 7) is 5.25. The molecule has 1 aromatic heterocycles. The average Bonchev–Trinajstić information content (AvgIpc) is 3.20. The molecular weight excluding hydrogens is 350 g/mol. The Balaban J connectivity index is 1.77. The van der Waals surface area contributed by atoms with E-state index in [1.807, 2.05) is 4.68 Å². The highest BCUT2D eigenvalue weighted by molar-refractivity contribution is 9.10. The Kier molecular flexibility index (Phi) is 4.61. The van der Waals surface area contributed by atoms with Gasteiger partial charge in [0.05, 0.1) is 6.04 Å². The molecule has 1 atom stereocenters. The average molecular weight is 368 g/mol. The Morgan fingerprint density at radius 3 is 2.95 bits per heavy atom. The Hall–Kier alpha value is -0.920. The maximum atomic E-state index is 4.13. The van der Waals surface area contributed by atoms with Gasteiger partial charge in [0.25, 0.3) is 0 Å². The van der Waals surface area contributed by atoms with Crippen LogP contribution >= 0.6 is 27.7 Å². The van der Waals surface area contributed by atoms with E-state index < -0.39 is 0 Å². The molecule has 7 heteroatoms. The van der Waals surface area contributed by atoms with Crippen LogP contribution < -0.4 is 5.32 Å². The second kappa shape index (κ2) is 6.46. The summed E-state index contributed by atoms with van der Waals surface area (Å²) in [6, 6.07) is 7.26. The van der Waals surface area contributed by atoms with Gasteiger partial charge < -0.3 is 5.32 Å². The second-order valence-electron chi connectivity index (χ2n) is 5.20. The van der Waals surface area contributed by atoms with Gasteiger partial charge in [-0.05, 0) is 66.2 Å². The van der Waals surface area contributed by atoms with Gasteiger partial charge in [-0.25, -0.2) is 4.68 Å². The molecule has 0 radical (unpaired) electrons. The first-order valence-electron chi connectivity index (χ1n) is 7.17. The van der Waals surface area contributed by atoms with Crippen LogP contribution in [0, 0.1) is 0 Å². The number of hydrogen-bond acceptors (Lipinski definition) is 5. The summed E-state index contributed by atoms with van der Waals surface area (Å²) in [7, 11) is 0. The fourth-order valence-electron chi connectivity index (χ4n) is 2.24. The van der Waals surface area contributed by atoms with Crippen molar-refractivity contribution in [2.45, 2.75) is 48.8 Å². The van der Waals surface area contributed by atoms with Gasteiger partial charge in [0.15, 0.2) is 0 Å². The van der Waals surface area contributed by atoms with Crippen molar-refractivity contribution in [3.8, 4) is 0 Å². The third kappa shape index (κ3) is 3.46. The lowest BCUT2D eigenvalue weighted by Gasteiger charge is -2.15. The van der Waals surface area contributed by atoms with Crippen LogP contribution in [0.15, 0.2) is 32.7 Å². The second-order valence-corrected chi connectivity index (χ2v) is 7.10. The van der Waals surface area contributed by atoms with E-state index in [9.17, 15) is 0 Å². The molecule has 1 aliphatic rings. The summed E-state index contributed by atoms with van der Waals surface area (Å²) in [5.41, 5.74) is 1.27. The highest BCUT2D eigenvalue weighted by Gasteiger charge is 2.28. The van der Waals surface area contributed by atoms with Crippen LogP contribution in [0.4, 0.5) is 0 Å². The lowest BCUT2D eigenvalue weighted by Crippen LogP contribution is -2.18. The molecule has 1 heterocycles. The molecule has 3 rings (SSSR count). The largest absolute Gasteiger partial charge is 0.310 e. The number of halogens is 1. The van der Waals surface area contributed by atoms with Crippen LogP contribution in [0.25, 0.3) is 0 Å². The molecule has 0 bridgehead atoms. The summed E-state index contributed by atoms with van der Waals surface area (Å²) in [6.07, 6.45) is 2.36. The van der Waals surface area contributed by atoms with Gasteiger partial charge in [0.1, 0.15) is 0 Å². The molecule has 1 saturated carbocycles. The van der Waals surface area contributed by atoms with Crippen LogP contribution in [0.5, 0.6) is 0 Å². The molecule has 0 saturated heterocycles. The van der Waals surface area contributed by atoms with E-state index in [1.165, 1.54) is 18.4 Å². The standard InChI is InChI=1S/C14H18BrN5S/c1-3-16-9(2)12-7-6-11(8-13(12)15)21-14-17-18-19-20(14)10-4-5-10/h6-10,16H,3-5H2,1-2H3. The van der Waals surface area contributed by atoms with Gasteiger partial charge in [-0.15, -0.1) is 5.10 Å². The maximum absolute atomic E-state index is 4.13. The van der Waals surface area contributed by atoms with Crippen molar-refractivity contribution in [3.05, 3.63) is 28.2 Å². The zero-order valence-corrected chi connectivity index (χ0v) is 14.5. The molecule has 5 nitrogen and oxygen atoms in total. The van der Waals surface area contributed by atoms with Gasteiger partial charge in [-0.2, -0.15) is 0 Å². The molecule has 2 aromatic rings. The first-order valence-corrected chi connectivity index (χ1v) is 8.78. The zero-order chi connectivity index (χ0) is 14.8. The highest BCUT2D eigenvalue weighted by Crippen LogP contribution is 2.38. The predicted molar refractivity (Wildman–Crippen MR) is 86.4 cm³/mol. The van der Waals surface area contributed by atoms with Gasteiger partial charge in [0, 0.05) is 15.4 Å². The highest BCUT2D eigenvalue weighted by atomic mass is 79.9. The zero-order valence-electron chi connectivity index (χ0n) is 12.1. The lowest BCUT2D eigenvalue weighted by molar-refractivity contribution is 0.565. The number of tetrazole rings is 1. The normalized spacial score (nSPS) is 16.1. The Morgan fingerprint density at radius 1 is 1.48 bits per heavy atom. The summed E-state index contributed by atoms with van der Waals surface area (Å²) >= 11 is 5.28. The molecule has 1 aromatic carbocycles. The first kappa shape index (κ1) is 15.0. The van der Waals surface area contributed by atoms with E-state index in [4.69, 9.17) is 0 Å². The smallest absolute Gasteiger partial charge is 0.214 e. The monoisotopic (exact) mass is 367 g/mol. The van der Waals surface area contributed by atoms with Crippen molar-refractivity contribution in [1.82, 2.24) is 25.5 Å². The summed E-state index contributed by atoms with van der Waals surface area (Å²) in [5, 5.41) is 16.3. The number of hydrogen-bond donors (Lipinski definition) is 1. The van der Waals surface area contributed by atoms with E-state index in [1.54, 1.807) is 11.8 Å². The van der Waals surface area contributed by atoms with E-state index in [-0.39, 0.29) is 0 Å².